The molecule has 2 rings (SSSR count). The summed E-state index contributed by atoms with van der Waals surface area (Å²) >= 11 is 0. The molecule has 1 aliphatic heterocycles. The molecule has 0 aromatic heterocycles. The van der Waals surface area contributed by atoms with Crippen LogP contribution in [0, 0.1) is 0 Å². The van der Waals surface area contributed by atoms with Gasteiger partial charge in [-0.3, -0.25) is 9.59 Å². The largest absolute Gasteiger partial charge is 0.495 e. The third-order valence-corrected chi connectivity index (χ3v) is 3.28. The Hall–Kier alpha value is -2.24. The van der Waals surface area contributed by atoms with E-state index in [-0.39, 0.29) is 18.2 Å². The van der Waals surface area contributed by atoms with Crippen molar-refractivity contribution >= 4 is 23.2 Å². The molecule has 1 heterocycles. The lowest BCUT2D eigenvalue weighted by atomic mass is 10.2. The average Bonchev–Trinajstić information content (AvgIpc) is 2.82. The zero-order chi connectivity index (χ0) is 14.5. The molecule has 1 fully saturated rings. The second kappa shape index (κ2) is 6.27. The number of nitrogens with zero attached hydrogens (tertiary/aromatic N) is 1. The molecule has 0 saturated carbocycles. The van der Waals surface area contributed by atoms with Gasteiger partial charge in [0.1, 0.15) is 5.75 Å². The Morgan fingerprint density at radius 2 is 2.30 bits per heavy atom. The van der Waals surface area contributed by atoms with Gasteiger partial charge >= 0.3 is 0 Å². The fourth-order valence-electron chi connectivity index (χ4n) is 2.21. The van der Waals surface area contributed by atoms with E-state index >= 15 is 0 Å². The summed E-state index contributed by atoms with van der Waals surface area (Å²) in [6, 6.07) is 5.06. The molecule has 20 heavy (non-hydrogen) atoms. The number of methoxy groups -OCH3 is 1. The number of benzene rings is 1. The van der Waals surface area contributed by atoms with E-state index in [9.17, 15) is 9.59 Å². The first-order chi connectivity index (χ1) is 9.60. The zero-order valence-corrected chi connectivity index (χ0v) is 11.5. The maximum Gasteiger partial charge on any atom is 0.226 e. The first-order valence-corrected chi connectivity index (χ1v) is 6.61. The molecule has 0 atom stereocenters. The smallest absolute Gasteiger partial charge is 0.226 e. The molecule has 108 valence electrons. The van der Waals surface area contributed by atoms with Crippen LogP contribution in [0.4, 0.5) is 11.4 Å². The molecule has 0 radical (unpaired) electrons. The van der Waals surface area contributed by atoms with Crippen LogP contribution in [0.15, 0.2) is 18.2 Å². The normalized spacial score (nSPS) is 14.4. The van der Waals surface area contributed by atoms with Crippen molar-refractivity contribution in [3.05, 3.63) is 18.2 Å². The van der Waals surface area contributed by atoms with Gasteiger partial charge in [-0.1, -0.05) is 0 Å². The van der Waals surface area contributed by atoms with Crippen LogP contribution in [0.5, 0.6) is 5.75 Å². The highest BCUT2D eigenvalue weighted by Crippen LogP contribution is 2.26. The summed E-state index contributed by atoms with van der Waals surface area (Å²) < 4.78 is 5.16. The predicted molar refractivity (Wildman–Crippen MR) is 76.5 cm³/mol. The van der Waals surface area contributed by atoms with Gasteiger partial charge in [0.15, 0.2) is 0 Å². The van der Waals surface area contributed by atoms with Crippen molar-refractivity contribution in [3.63, 3.8) is 0 Å². The SMILES string of the molecule is COc1ccc(N)cc1NC(=O)CCN1CCCC1=O. The average molecular weight is 277 g/mol. The first-order valence-electron chi connectivity index (χ1n) is 6.61. The zero-order valence-electron chi connectivity index (χ0n) is 11.5. The lowest BCUT2D eigenvalue weighted by Crippen LogP contribution is -2.28. The van der Waals surface area contributed by atoms with Gasteiger partial charge in [-0.05, 0) is 24.6 Å². The number of nitrogen functional groups attached to an aromatic ring is 1. The van der Waals surface area contributed by atoms with Gasteiger partial charge in [-0.25, -0.2) is 0 Å². The summed E-state index contributed by atoms with van der Waals surface area (Å²) in [6.45, 7) is 1.20. The van der Waals surface area contributed by atoms with E-state index in [1.165, 1.54) is 7.11 Å². The van der Waals surface area contributed by atoms with Gasteiger partial charge in [0, 0.05) is 31.6 Å². The standard InChI is InChI=1S/C14H19N3O3/c1-20-12-5-4-10(15)9-11(12)16-13(18)6-8-17-7-2-3-14(17)19/h4-5,9H,2-3,6-8,15H2,1H3,(H,16,18). The summed E-state index contributed by atoms with van der Waals surface area (Å²) in [5.41, 5.74) is 6.79. The molecule has 0 bridgehead atoms. The van der Waals surface area contributed by atoms with Crippen LogP contribution in [0.1, 0.15) is 19.3 Å². The van der Waals surface area contributed by atoms with E-state index in [4.69, 9.17) is 10.5 Å². The van der Waals surface area contributed by atoms with Crippen molar-refractivity contribution in [3.8, 4) is 5.75 Å². The maximum atomic E-state index is 11.9. The number of nitrogens with two attached hydrogens (primary N) is 1. The number of likely N-dealkylation sites (tertiary alicyclic amines) is 1. The number of nitrogens with one attached hydrogen (secondary N) is 1. The van der Waals surface area contributed by atoms with Crippen molar-refractivity contribution < 1.29 is 14.3 Å². The monoisotopic (exact) mass is 277 g/mol. The molecular formula is C14H19N3O3. The molecule has 1 aromatic rings. The van der Waals surface area contributed by atoms with Crippen LogP contribution < -0.4 is 15.8 Å². The van der Waals surface area contributed by atoms with E-state index in [0.717, 1.165) is 13.0 Å². The van der Waals surface area contributed by atoms with Crippen molar-refractivity contribution in [1.29, 1.82) is 0 Å². The van der Waals surface area contributed by atoms with E-state index in [1.807, 2.05) is 0 Å². The van der Waals surface area contributed by atoms with E-state index in [2.05, 4.69) is 5.32 Å². The minimum absolute atomic E-state index is 0.124. The lowest BCUT2D eigenvalue weighted by molar-refractivity contribution is -0.128. The van der Waals surface area contributed by atoms with Gasteiger partial charge in [0.25, 0.3) is 0 Å². The van der Waals surface area contributed by atoms with Crippen molar-refractivity contribution in [2.75, 3.05) is 31.2 Å². The van der Waals surface area contributed by atoms with Gasteiger partial charge in [-0.2, -0.15) is 0 Å². The Morgan fingerprint density at radius 1 is 1.50 bits per heavy atom. The van der Waals surface area contributed by atoms with Crippen LogP contribution >= 0.6 is 0 Å². The van der Waals surface area contributed by atoms with Crippen molar-refractivity contribution in [2.24, 2.45) is 0 Å². The van der Waals surface area contributed by atoms with Gasteiger partial charge < -0.3 is 20.7 Å². The molecular weight excluding hydrogens is 258 g/mol. The van der Waals surface area contributed by atoms with Gasteiger partial charge in [0.05, 0.1) is 12.8 Å². The summed E-state index contributed by atoms with van der Waals surface area (Å²) in [7, 11) is 1.53. The van der Waals surface area contributed by atoms with Crippen molar-refractivity contribution in [2.45, 2.75) is 19.3 Å². The Labute approximate surface area is 117 Å². The second-order valence-electron chi connectivity index (χ2n) is 4.74. The Balaban J connectivity index is 1.91. The minimum atomic E-state index is -0.159. The highest BCUT2D eigenvalue weighted by atomic mass is 16.5. The molecule has 1 saturated heterocycles. The summed E-state index contributed by atoms with van der Waals surface area (Å²) in [4.78, 5) is 25.1. The molecule has 6 heteroatoms. The number of rotatable bonds is 5. The van der Waals surface area contributed by atoms with Crippen LogP contribution in [0.25, 0.3) is 0 Å². The summed E-state index contributed by atoms with van der Waals surface area (Å²) in [6.07, 6.45) is 1.73. The van der Waals surface area contributed by atoms with Gasteiger partial charge in [0.2, 0.25) is 11.8 Å². The third kappa shape index (κ3) is 3.40. The Bertz CT molecular complexity index is 516. The van der Waals surface area contributed by atoms with Crippen molar-refractivity contribution in [1.82, 2.24) is 4.90 Å². The summed E-state index contributed by atoms with van der Waals surface area (Å²) in [5.74, 6) is 0.526. The number of ether oxygens (including phenoxy) is 1. The van der Waals surface area contributed by atoms with E-state index in [1.54, 1.807) is 23.1 Å². The van der Waals surface area contributed by atoms with Crippen LogP contribution in [0.3, 0.4) is 0 Å². The Morgan fingerprint density at radius 3 is 2.95 bits per heavy atom. The van der Waals surface area contributed by atoms with E-state index < -0.39 is 0 Å². The Kier molecular flexibility index (Phi) is 4.45. The topological polar surface area (TPSA) is 84.7 Å². The molecule has 1 aromatic carbocycles. The molecule has 0 aliphatic carbocycles. The second-order valence-corrected chi connectivity index (χ2v) is 4.74. The fourth-order valence-corrected chi connectivity index (χ4v) is 2.21. The highest BCUT2D eigenvalue weighted by Gasteiger charge is 2.20. The predicted octanol–water partition coefficient (Wildman–Crippen LogP) is 1.23. The van der Waals surface area contributed by atoms with Crippen LogP contribution in [-0.2, 0) is 9.59 Å². The maximum absolute atomic E-state index is 11.9. The minimum Gasteiger partial charge on any atom is -0.495 e. The molecule has 6 nitrogen and oxygen atoms in total. The number of carbonyl (C=O) groups excluding carboxylic acids is 2. The third-order valence-electron chi connectivity index (χ3n) is 3.28. The fraction of sp³-hybridized carbons (Fsp3) is 0.429. The van der Waals surface area contributed by atoms with Crippen LogP contribution in [0.2, 0.25) is 0 Å². The quantitative estimate of drug-likeness (QED) is 0.793. The number of hydrogen-bond donors (Lipinski definition) is 2. The highest BCUT2D eigenvalue weighted by molar-refractivity contribution is 5.93. The molecule has 2 amide bonds. The van der Waals surface area contributed by atoms with E-state index in [0.29, 0.717) is 30.1 Å². The number of amides is 2. The number of hydrogen-bond acceptors (Lipinski definition) is 4. The molecule has 0 spiro atoms. The molecule has 0 unspecified atom stereocenters. The van der Waals surface area contributed by atoms with Crippen LogP contribution in [-0.4, -0.2) is 36.9 Å². The number of carbonyl (C=O) groups is 2. The van der Waals surface area contributed by atoms with Gasteiger partial charge in [-0.15, -0.1) is 0 Å². The number of anilines is 2. The first kappa shape index (κ1) is 14.2. The summed E-state index contributed by atoms with van der Waals surface area (Å²) in [5, 5.41) is 2.76. The molecule has 1 aliphatic rings. The molecule has 3 N–H and O–H groups in total. The lowest BCUT2D eigenvalue weighted by Gasteiger charge is -2.15.